The lowest BCUT2D eigenvalue weighted by molar-refractivity contribution is 0.102. The van der Waals surface area contributed by atoms with Crippen molar-refractivity contribution in [3.8, 4) is 11.4 Å². The maximum atomic E-state index is 13.5. The van der Waals surface area contributed by atoms with E-state index < -0.39 is 17.5 Å². The van der Waals surface area contributed by atoms with Gasteiger partial charge in [0, 0.05) is 36.4 Å². The van der Waals surface area contributed by atoms with E-state index in [9.17, 15) is 13.6 Å². The minimum absolute atomic E-state index is 0.119. The predicted octanol–water partition coefficient (Wildman–Crippen LogP) is 2.46. The minimum Gasteiger partial charge on any atom is -0.304 e. The molecule has 0 saturated heterocycles. The number of nitrogens with zero attached hydrogens (tertiary/aromatic N) is 4. The van der Waals surface area contributed by atoms with Crippen LogP contribution in [0.15, 0.2) is 49.2 Å². The highest BCUT2D eigenvalue weighted by Gasteiger charge is 2.12. The number of hydrogen-bond donors (Lipinski definition) is 1. The number of carbonyl (C=O) groups excluding carboxylic acids is 1. The Morgan fingerprint density at radius 2 is 1.70 bits per heavy atom. The summed E-state index contributed by atoms with van der Waals surface area (Å²) >= 11 is 0. The molecule has 3 heterocycles. The Bertz CT molecular complexity index is 840. The first-order valence-electron chi connectivity index (χ1n) is 6.48. The summed E-state index contributed by atoms with van der Waals surface area (Å²) < 4.78 is 26.2. The first-order valence-corrected chi connectivity index (χ1v) is 6.48. The van der Waals surface area contributed by atoms with E-state index in [1.165, 1.54) is 12.4 Å². The van der Waals surface area contributed by atoms with Gasteiger partial charge in [-0.1, -0.05) is 0 Å². The monoisotopic (exact) mass is 313 g/mol. The Kier molecular flexibility index (Phi) is 3.96. The van der Waals surface area contributed by atoms with Gasteiger partial charge in [-0.3, -0.25) is 9.78 Å². The average Bonchev–Trinajstić information content (AvgIpc) is 2.58. The van der Waals surface area contributed by atoms with E-state index >= 15 is 0 Å². The summed E-state index contributed by atoms with van der Waals surface area (Å²) in [5.41, 5.74) is 0.867. The quantitative estimate of drug-likeness (QED) is 0.803. The molecule has 0 atom stereocenters. The molecule has 23 heavy (non-hydrogen) atoms. The Morgan fingerprint density at radius 1 is 1.00 bits per heavy atom. The van der Waals surface area contributed by atoms with Gasteiger partial charge in [-0.15, -0.1) is 0 Å². The van der Waals surface area contributed by atoms with Crippen LogP contribution in [0, 0.1) is 11.6 Å². The Morgan fingerprint density at radius 3 is 2.35 bits per heavy atom. The summed E-state index contributed by atoms with van der Waals surface area (Å²) in [6, 6.07) is 4.09. The fourth-order valence-corrected chi connectivity index (χ4v) is 1.78. The standard InChI is InChI=1S/C15H9F2N5O/c16-11-5-12(17)14(21-8-11)22-15(23)10-6-19-13(20-7-10)9-1-3-18-4-2-9/h1-8H,(H,21,22,23). The van der Waals surface area contributed by atoms with Gasteiger partial charge in [0.15, 0.2) is 17.5 Å². The molecular weight excluding hydrogens is 304 g/mol. The maximum Gasteiger partial charge on any atom is 0.260 e. The third-order valence-electron chi connectivity index (χ3n) is 2.89. The SMILES string of the molecule is O=C(Nc1ncc(F)cc1F)c1cnc(-c2ccncc2)nc1. The van der Waals surface area contributed by atoms with Gasteiger partial charge in [0.05, 0.1) is 11.8 Å². The fraction of sp³-hybridized carbons (Fsp3) is 0. The van der Waals surface area contributed by atoms with Gasteiger partial charge in [-0.05, 0) is 12.1 Å². The maximum absolute atomic E-state index is 13.5. The van der Waals surface area contributed by atoms with Crippen molar-refractivity contribution in [2.45, 2.75) is 0 Å². The van der Waals surface area contributed by atoms with Crippen LogP contribution in [0.1, 0.15) is 10.4 Å². The number of pyridine rings is 2. The molecule has 0 aliphatic heterocycles. The first kappa shape index (κ1) is 14.6. The van der Waals surface area contributed by atoms with Crippen LogP contribution in [0.3, 0.4) is 0 Å². The van der Waals surface area contributed by atoms with E-state index in [4.69, 9.17) is 0 Å². The molecule has 114 valence electrons. The van der Waals surface area contributed by atoms with E-state index in [0.717, 1.165) is 11.8 Å². The molecule has 0 unspecified atom stereocenters. The largest absolute Gasteiger partial charge is 0.304 e. The van der Waals surface area contributed by atoms with Gasteiger partial charge in [0.25, 0.3) is 5.91 Å². The molecule has 1 amide bonds. The van der Waals surface area contributed by atoms with Crippen LogP contribution in [0.2, 0.25) is 0 Å². The third-order valence-corrected chi connectivity index (χ3v) is 2.89. The highest BCUT2D eigenvalue weighted by Crippen LogP contribution is 2.14. The zero-order valence-corrected chi connectivity index (χ0v) is 11.6. The van der Waals surface area contributed by atoms with E-state index in [0.29, 0.717) is 11.9 Å². The van der Waals surface area contributed by atoms with Gasteiger partial charge < -0.3 is 5.32 Å². The second-order valence-electron chi connectivity index (χ2n) is 4.47. The number of anilines is 1. The summed E-state index contributed by atoms with van der Waals surface area (Å²) in [6.07, 6.45) is 6.62. The molecule has 3 rings (SSSR count). The van der Waals surface area contributed by atoms with E-state index in [1.807, 2.05) is 0 Å². The van der Waals surface area contributed by atoms with Crippen molar-refractivity contribution in [3.05, 3.63) is 66.4 Å². The first-order chi connectivity index (χ1) is 11.1. The van der Waals surface area contributed by atoms with Crippen LogP contribution in [-0.4, -0.2) is 25.8 Å². The number of amides is 1. The number of nitrogens with one attached hydrogen (secondary N) is 1. The van der Waals surface area contributed by atoms with Crippen LogP contribution >= 0.6 is 0 Å². The van der Waals surface area contributed by atoms with E-state index in [2.05, 4.69) is 25.3 Å². The topological polar surface area (TPSA) is 80.7 Å². The van der Waals surface area contributed by atoms with Crippen LogP contribution in [0.5, 0.6) is 0 Å². The number of carbonyl (C=O) groups is 1. The lowest BCUT2D eigenvalue weighted by Gasteiger charge is -2.05. The fourth-order valence-electron chi connectivity index (χ4n) is 1.78. The Labute approximate surface area is 129 Å². The third kappa shape index (κ3) is 3.31. The molecule has 1 N–H and O–H groups in total. The lowest BCUT2D eigenvalue weighted by atomic mass is 10.2. The van der Waals surface area contributed by atoms with Gasteiger partial charge in [0.2, 0.25) is 0 Å². The molecule has 8 heteroatoms. The van der Waals surface area contributed by atoms with E-state index in [-0.39, 0.29) is 11.4 Å². The molecule has 3 aromatic heterocycles. The molecule has 3 aromatic rings. The molecule has 0 aliphatic rings. The van der Waals surface area contributed by atoms with Crippen LogP contribution in [-0.2, 0) is 0 Å². The van der Waals surface area contributed by atoms with Crippen molar-refractivity contribution >= 4 is 11.7 Å². The summed E-state index contributed by atoms with van der Waals surface area (Å²) in [5.74, 6) is -2.38. The minimum atomic E-state index is -0.965. The number of rotatable bonds is 3. The highest BCUT2D eigenvalue weighted by molar-refractivity contribution is 6.03. The van der Waals surface area contributed by atoms with Crippen molar-refractivity contribution in [1.82, 2.24) is 19.9 Å². The normalized spacial score (nSPS) is 10.3. The van der Waals surface area contributed by atoms with Crippen molar-refractivity contribution in [1.29, 1.82) is 0 Å². The average molecular weight is 313 g/mol. The molecular formula is C15H9F2N5O. The molecule has 0 aromatic carbocycles. The van der Waals surface area contributed by atoms with Gasteiger partial charge in [0.1, 0.15) is 5.82 Å². The summed E-state index contributed by atoms with van der Waals surface area (Å²) in [4.78, 5) is 27.5. The van der Waals surface area contributed by atoms with Gasteiger partial charge in [-0.2, -0.15) is 0 Å². The molecule has 0 radical (unpaired) electrons. The predicted molar refractivity (Wildman–Crippen MR) is 77.4 cm³/mol. The number of hydrogen-bond acceptors (Lipinski definition) is 5. The molecule has 0 bridgehead atoms. The highest BCUT2D eigenvalue weighted by atomic mass is 19.1. The zero-order chi connectivity index (χ0) is 16.2. The molecule has 6 nitrogen and oxygen atoms in total. The smallest absolute Gasteiger partial charge is 0.260 e. The Balaban J connectivity index is 1.78. The molecule has 0 spiro atoms. The van der Waals surface area contributed by atoms with Crippen molar-refractivity contribution in [2.24, 2.45) is 0 Å². The van der Waals surface area contributed by atoms with E-state index in [1.54, 1.807) is 24.5 Å². The number of halogens is 2. The lowest BCUT2D eigenvalue weighted by Crippen LogP contribution is -2.15. The van der Waals surface area contributed by atoms with Crippen LogP contribution < -0.4 is 5.32 Å². The number of aromatic nitrogens is 4. The summed E-state index contributed by atoms with van der Waals surface area (Å²) in [6.45, 7) is 0. The molecule has 0 saturated carbocycles. The van der Waals surface area contributed by atoms with Crippen LogP contribution in [0.25, 0.3) is 11.4 Å². The second kappa shape index (κ2) is 6.22. The van der Waals surface area contributed by atoms with Crippen LogP contribution in [0.4, 0.5) is 14.6 Å². The van der Waals surface area contributed by atoms with Crippen molar-refractivity contribution < 1.29 is 13.6 Å². The summed E-state index contributed by atoms with van der Waals surface area (Å²) in [5, 5.41) is 2.23. The molecule has 0 fully saturated rings. The van der Waals surface area contributed by atoms with Crippen molar-refractivity contribution in [3.63, 3.8) is 0 Å². The Hall–Kier alpha value is -3.29. The molecule has 0 aliphatic carbocycles. The second-order valence-corrected chi connectivity index (χ2v) is 4.47. The summed E-state index contributed by atoms with van der Waals surface area (Å²) in [7, 11) is 0. The van der Waals surface area contributed by atoms with Crippen molar-refractivity contribution in [2.75, 3.05) is 5.32 Å². The van der Waals surface area contributed by atoms with Gasteiger partial charge >= 0.3 is 0 Å². The zero-order valence-electron chi connectivity index (χ0n) is 11.6. The van der Waals surface area contributed by atoms with Gasteiger partial charge in [-0.25, -0.2) is 23.7 Å².